The van der Waals surface area contributed by atoms with E-state index in [2.05, 4.69) is 41.7 Å². The Balaban J connectivity index is 1.49. The van der Waals surface area contributed by atoms with Crippen molar-refractivity contribution < 1.29 is 4.79 Å². The molecule has 0 aromatic carbocycles. The maximum Gasteiger partial charge on any atom is 0.178 e. The van der Waals surface area contributed by atoms with E-state index in [1.807, 2.05) is 6.07 Å². The fourth-order valence-corrected chi connectivity index (χ4v) is 5.47. The molecule has 0 N–H and O–H groups in total. The summed E-state index contributed by atoms with van der Waals surface area (Å²) in [6, 6.07) is 1.92. The van der Waals surface area contributed by atoms with E-state index in [1.54, 1.807) is 11.3 Å². The van der Waals surface area contributed by atoms with E-state index in [0.717, 1.165) is 45.2 Å². The molecule has 1 aliphatic heterocycles. The van der Waals surface area contributed by atoms with Gasteiger partial charge in [-0.3, -0.25) is 9.69 Å². The van der Waals surface area contributed by atoms with Crippen LogP contribution in [0, 0.1) is 5.92 Å². The molecule has 1 aromatic rings. The SMILES string of the molecule is O=C(CN1CCN(CC2CC2)CC1)c1cc(Br)sc1Br. The second-order valence-corrected chi connectivity index (χ2v) is 9.43. The lowest BCUT2D eigenvalue weighted by Crippen LogP contribution is -2.48. The molecule has 0 atom stereocenters. The second-order valence-electron chi connectivity index (χ2n) is 5.68. The molecule has 3 rings (SSSR count). The number of Topliss-reactive ketones (excluding diaryl/α,β-unsaturated/α-hetero) is 1. The summed E-state index contributed by atoms with van der Waals surface area (Å²) in [4.78, 5) is 17.1. The molecule has 1 saturated heterocycles. The average molecular weight is 422 g/mol. The summed E-state index contributed by atoms with van der Waals surface area (Å²) in [7, 11) is 0. The quantitative estimate of drug-likeness (QED) is 0.680. The Hall–Kier alpha value is 0.250. The van der Waals surface area contributed by atoms with E-state index in [-0.39, 0.29) is 5.78 Å². The average Bonchev–Trinajstić information content (AvgIpc) is 3.15. The fourth-order valence-electron chi connectivity index (χ4n) is 2.61. The summed E-state index contributed by atoms with van der Waals surface area (Å²) in [6.45, 7) is 6.06. The third-order valence-corrected chi connectivity index (χ3v) is 6.34. The zero-order valence-corrected chi connectivity index (χ0v) is 15.3. The van der Waals surface area contributed by atoms with E-state index in [0.29, 0.717) is 6.54 Å². The van der Waals surface area contributed by atoms with Crippen LogP contribution in [0.4, 0.5) is 0 Å². The molecule has 0 unspecified atom stereocenters. The Morgan fingerprint density at radius 1 is 1.20 bits per heavy atom. The van der Waals surface area contributed by atoms with Crippen molar-refractivity contribution in [2.45, 2.75) is 12.8 Å². The van der Waals surface area contributed by atoms with E-state index in [9.17, 15) is 4.79 Å². The van der Waals surface area contributed by atoms with Gasteiger partial charge >= 0.3 is 0 Å². The van der Waals surface area contributed by atoms with Gasteiger partial charge in [-0.15, -0.1) is 11.3 Å². The molecule has 0 bridgehead atoms. The van der Waals surface area contributed by atoms with Crippen LogP contribution in [0.2, 0.25) is 0 Å². The summed E-state index contributed by atoms with van der Waals surface area (Å²) >= 11 is 8.46. The number of carbonyl (C=O) groups is 1. The predicted molar refractivity (Wildman–Crippen MR) is 89.7 cm³/mol. The third kappa shape index (κ3) is 3.91. The van der Waals surface area contributed by atoms with Crippen LogP contribution in [0.25, 0.3) is 0 Å². The molecule has 6 heteroatoms. The highest BCUT2D eigenvalue weighted by Gasteiger charge is 2.27. The lowest BCUT2D eigenvalue weighted by molar-refractivity contribution is 0.0847. The number of nitrogens with zero attached hydrogens (tertiary/aromatic N) is 2. The van der Waals surface area contributed by atoms with Gasteiger partial charge in [0.15, 0.2) is 5.78 Å². The van der Waals surface area contributed by atoms with Crippen LogP contribution in [0.15, 0.2) is 13.6 Å². The van der Waals surface area contributed by atoms with Crippen LogP contribution in [0.3, 0.4) is 0 Å². The molecule has 0 amide bonds. The Morgan fingerprint density at radius 3 is 2.40 bits per heavy atom. The number of hydrogen-bond donors (Lipinski definition) is 0. The number of thiophene rings is 1. The van der Waals surface area contributed by atoms with Crippen molar-refractivity contribution in [3.63, 3.8) is 0 Å². The molecule has 1 aromatic heterocycles. The van der Waals surface area contributed by atoms with E-state index < -0.39 is 0 Å². The number of ketones is 1. The van der Waals surface area contributed by atoms with E-state index in [4.69, 9.17) is 0 Å². The smallest absolute Gasteiger partial charge is 0.178 e. The molecule has 1 aliphatic carbocycles. The maximum atomic E-state index is 12.3. The molecule has 0 radical (unpaired) electrons. The zero-order chi connectivity index (χ0) is 14.1. The molecule has 110 valence electrons. The zero-order valence-electron chi connectivity index (χ0n) is 11.3. The minimum atomic E-state index is 0.217. The predicted octanol–water partition coefficient (Wildman–Crippen LogP) is 3.48. The van der Waals surface area contributed by atoms with Crippen LogP contribution >= 0.6 is 43.2 Å². The highest BCUT2D eigenvalue weighted by Crippen LogP contribution is 2.32. The van der Waals surface area contributed by atoms with Gasteiger partial charge in [-0.05, 0) is 56.7 Å². The summed E-state index contributed by atoms with van der Waals surface area (Å²) in [5.74, 6) is 1.18. The second kappa shape index (κ2) is 6.57. The number of rotatable bonds is 5. The number of piperazine rings is 1. The van der Waals surface area contributed by atoms with Crippen molar-refractivity contribution in [3.05, 3.63) is 19.2 Å². The van der Waals surface area contributed by atoms with Crippen molar-refractivity contribution in [2.75, 3.05) is 39.3 Å². The van der Waals surface area contributed by atoms with Gasteiger partial charge in [-0.2, -0.15) is 0 Å². The van der Waals surface area contributed by atoms with Crippen LogP contribution in [-0.4, -0.2) is 54.9 Å². The first-order chi connectivity index (χ1) is 9.61. The first kappa shape index (κ1) is 15.2. The fraction of sp³-hybridized carbons (Fsp3) is 0.643. The third-order valence-electron chi connectivity index (χ3n) is 4.00. The molecule has 20 heavy (non-hydrogen) atoms. The van der Waals surface area contributed by atoms with Gasteiger partial charge in [0, 0.05) is 38.3 Å². The van der Waals surface area contributed by atoms with Crippen molar-refractivity contribution >= 4 is 49.0 Å². The Labute approximate surface area is 140 Å². The summed E-state index contributed by atoms with van der Waals surface area (Å²) < 4.78 is 1.93. The molecule has 2 heterocycles. The Kier molecular flexibility index (Phi) is 4.98. The molecular weight excluding hydrogens is 404 g/mol. The van der Waals surface area contributed by atoms with Gasteiger partial charge in [-0.25, -0.2) is 0 Å². The van der Waals surface area contributed by atoms with Gasteiger partial charge in [0.05, 0.1) is 14.1 Å². The number of halogens is 2. The van der Waals surface area contributed by atoms with Gasteiger partial charge in [-0.1, -0.05) is 0 Å². The highest BCUT2D eigenvalue weighted by atomic mass is 79.9. The monoisotopic (exact) mass is 420 g/mol. The van der Waals surface area contributed by atoms with Crippen molar-refractivity contribution in [3.8, 4) is 0 Å². The van der Waals surface area contributed by atoms with Crippen LogP contribution < -0.4 is 0 Å². The summed E-state index contributed by atoms with van der Waals surface area (Å²) in [6.07, 6.45) is 2.83. The standard InChI is InChI=1S/C14H18Br2N2OS/c15-13-7-11(14(16)20-13)12(19)9-18-5-3-17(4-6-18)8-10-1-2-10/h7,10H,1-6,8-9H2. The van der Waals surface area contributed by atoms with E-state index >= 15 is 0 Å². The first-order valence-corrected chi connectivity index (χ1v) is 9.45. The summed E-state index contributed by atoms with van der Waals surface area (Å²) in [5.41, 5.74) is 0.808. The molecule has 1 saturated carbocycles. The van der Waals surface area contributed by atoms with Crippen LogP contribution in [0.5, 0.6) is 0 Å². The summed E-state index contributed by atoms with van der Waals surface area (Å²) in [5, 5.41) is 0. The van der Waals surface area contributed by atoms with Gasteiger partial charge in [0.1, 0.15) is 0 Å². The van der Waals surface area contributed by atoms with Crippen LogP contribution in [0.1, 0.15) is 23.2 Å². The molecule has 2 aliphatic rings. The van der Waals surface area contributed by atoms with Crippen molar-refractivity contribution in [1.29, 1.82) is 0 Å². The highest BCUT2D eigenvalue weighted by molar-refractivity contribution is 9.12. The van der Waals surface area contributed by atoms with Gasteiger partial charge in [0.2, 0.25) is 0 Å². The minimum Gasteiger partial charge on any atom is -0.301 e. The van der Waals surface area contributed by atoms with Gasteiger partial charge < -0.3 is 4.90 Å². The largest absolute Gasteiger partial charge is 0.301 e. The molecular formula is C14H18Br2N2OS. The van der Waals surface area contributed by atoms with E-state index in [1.165, 1.54) is 19.4 Å². The Bertz CT molecular complexity index is 493. The van der Waals surface area contributed by atoms with Gasteiger partial charge in [0.25, 0.3) is 0 Å². The lowest BCUT2D eigenvalue weighted by Gasteiger charge is -2.34. The molecule has 2 fully saturated rings. The lowest BCUT2D eigenvalue weighted by atomic mass is 10.2. The number of carbonyl (C=O) groups excluding carboxylic acids is 1. The topological polar surface area (TPSA) is 23.6 Å². The maximum absolute atomic E-state index is 12.3. The molecule has 0 spiro atoms. The Morgan fingerprint density at radius 2 is 1.85 bits per heavy atom. The van der Waals surface area contributed by atoms with Crippen molar-refractivity contribution in [2.24, 2.45) is 5.92 Å². The molecule has 3 nitrogen and oxygen atoms in total. The normalized spacial score (nSPS) is 21.3. The first-order valence-electron chi connectivity index (χ1n) is 7.04. The number of hydrogen-bond acceptors (Lipinski definition) is 4. The van der Waals surface area contributed by atoms with Crippen LogP contribution in [-0.2, 0) is 0 Å². The minimum absolute atomic E-state index is 0.217. The van der Waals surface area contributed by atoms with Crippen molar-refractivity contribution in [1.82, 2.24) is 9.80 Å².